The molecule has 0 atom stereocenters. The molecule has 2 heterocycles. The number of hydrogen-bond donors (Lipinski definition) is 1. The molecule has 1 aromatic heterocycles. The van der Waals surface area contributed by atoms with E-state index in [9.17, 15) is 9.59 Å². The molecule has 1 aliphatic rings. The van der Waals surface area contributed by atoms with Crippen LogP contribution < -0.4 is 15.0 Å². The second kappa shape index (κ2) is 11.6. The Labute approximate surface area is 240 Å². The van der Waals surface area contributed by atoms with Crippen LogP contribution in [0.15, 0.2) is 77.2 Å². The number of methoxy groups -OCH3 is 1. The molecule has 10 heteroatoms. The fourth-order valence-corrected chi connectivity index (χ4v) is 4.87. The molecular weight excluding hydrogens is 561 g/mol. The van der Waals surface area contributed by atoms with Crippen molar-refractivity contribution in [1.82, 2.24) is 4.90 Å². The second-order valence-corrected chi connectivity index (χ2v) is 10.2. The predicted molar refractivity (Wildman–Crippen MR) is 155 cm³/mol. The average molecular weight is 585 g/mol. The van der Waals surface area contributed by atoms with Gasteiger partial charge in [-0.2, -0.15) is 0 Å². The molecule has 5 rings (SSSR count). The number of amides is 2. The van der Waals surface area contributed by atoms with E-state index in [2.05, 4.69) is 10.2 Å². The number of rotatable bonds is 6. The van der Waals surface area contributed by atoms with E-state index in [0.717, 1.165) is 11.3 Å². The lowest BCUT2D eigenvalue weighted by Crippen LogP contribution is -2.48. The van der Waals surface area contributed by atoms with Crippen LogP contribution in [0.25, 0.3) is 11.3 Å². The molecule has 3 aromatic carbocycles. The highest BCUT2D eigenvalue weighted by molar-refractivity contribution is 6.42. The zero-order valence-electron chi connectivity index (χ0n) is 20.9. The molecule has 1 saturated heterocycles. The lowest BCUT2D eigenvalue weighted by Gasteiger charge is -2.36. The van der Waals surface area contributed by atoms with Crippen molar-refractivity contribution < 1.29 is 18.7 Å². The SMILES string of the molecule is COc1ccc(Cl)cc1C(=O)N1CCN(c2ccc(NC(=O)c3ccc(-c4ccc(Cl)c(Cl)c4)o3)cc2)CC1. The van der Waals surface area contributed by atoms with Gasteiger partial charge >= 0.3 is 0 Å². The molecular formula is C29H24Cl3N3O4. The van der Waals surface area contributed by atoms with Crippen LogP contribution in [0.5, 0.6) is 5.75 Å². The van der Waals surface area contributed by atoms with Gasteiger partial charge in [0.2, 0.25) is 0 Å². The zero-order valence-corrected chi connectivity index (χ0v) is 23.2. The van der Waals surface area contributed by atoms with Gasteiger partial charge in [-0.1, -0.05) is 34.8 Å². The number of ether oxygens (including phenoxy) is 1. The number of benzene rings is 3. The molecule has 0 bridgehead atoms. The first-order chi connectivity index (χ1) is 18.8. The standard InChI is InChI=1S/C29H24Cl3N3O4/c1-38-26-9-3-19(30)17-22(26)29(37)35-14-12-34(13-15-35)21-6-4-20(5-7-21)33-28(36)27-11-10-25(39-27)18-2-8-23(31)24(32)16-18/h2-11,16-17H,12-15H2,1H3,(H,33,36). The van der Waals surface area contributed by atoms with Crippen molar-refractivity contribution in [3.63, 3.8) is 0 Å². The summed E-state index contributed by atoms with van der Waals surface area (Å²) in [5.74, 6) is 0.729. The van der Waals surface area contributed by atoms with Crippen LogP contribution in [0.1, 0.15) is 20.9 Å². The maximum absolute atomic E-state index is 13.1. The minimum absolute atomic E-state index is 0.104. The highest BCUT2D eigenvalue weighted by atomic mass is 35.5. The number of hydrogen-bond acceptors (Lipinski definition) is 5. The first-order valence-electron chi connectivity index (χ1n) is 12.2. The number of halogens is 3. The van der Waals surface area contributed by atoms with E-state index < -0.39 is 0 Å². The van der Waals surface area contributed by atoms with Crippen molar-refractivity contribution in [2.75, 3.05) is 43.5 Å². The Bertz CT molecular complexity index is 1510. The van der Waals surface area contributed by atoms with Gasteiger partial charge in [0, 0.05) is 48.1 Å². The van der Waals surface area contributed by atoms with Crippen molar-refractivity contribution in [1.29, 1.82) is 0 Å². The van der Waals surface area contributed by atoms with Gasteiger partial charge in [-0.15, -0.1) is 0 Å². The van der Waals surface area contributed by atoms with Gasteiger partial charge in [0.25, 0.3) is 11.8 Å². The third kappa shape index (κ3) is 6.01. The Morgan fingerprint density at radius 1 is 0.846 bits per heavy atom. The molecule has 2 amide bonds. The van der Waals surface area contributed by atoms with Crippen LogP contribution in [-0.2, 0) is 0 Å². The van der Waals surface area contributed by atoms with Crippen LogP contribution in [0.3, 0.4) is 0 Å². The highest BCUT2D eigenvalue weighted by Gasteiger charge is 2.25. The van der Waals surface area contributed by atoms with Gasteiger partial charge < -0.3 is 24.3 Å². The van der Waals surface area contributed by atoms with Gasteiger partial charge in [0.05, 0.1) is 22.7 Å². The first-order valence-corrected chi connectivity index (χ1v) is 13.3. The minimum atomic E-state index is -0.363. The quantitative estimate of drug-likeness (QED) is 0.261. The van der Waals surface area contributed by atoms with E-state index in [1.54, 1.807) is 53.4 Å². The lowest BCUT2D eigenvalue weighted by atomic mass is 10.1. The van der Waals surface area contributed by atoms with Crippen molar-refractivity contribution >= 4 is 58.0 Å². The molecule has 0 unspecified atom stereocenters. The maximum atomic E-state index is 13.1. The molecule has 7 nitrogen and oxygen atoms in total. The Morgan fingerprint density at radius 3 is 2.28 bits per heavy atom. The summed E-state index contributed by atoms with van der Waals surface area (Å²) in [6.07, 6.45) is 0. The van der Waals surface area contributed by atoms with Crippen molar-refractivity contribution in [2.45, 2.75) is 0 Å². The molecule has 1 N–H and O–H groups in total. The van der Waals surface area contributed by atoms with E-state index in [0.29, 0.717) is 64.0 Å². The van der Waals surface area contributed by atoms with E-state index >= 15 is 0 Å². The van der Waals surface area contributed by atoms with Crippen LogP contribution in [0, 0.1) is 0 Å². The molecule has 0 saturated carbocycles. The second-order valence-electron chi connectivity index (χ2n) is 8.92. The first kappa shape index (κ1) is 26.9. The Kier molecular flexibility index (Phi) is 8.02. The van der Waals surface area contributed by atoms with Gasteiger partial charge in [-0.25, -0.2) is 0 Å². The summed E-state index contributed by atoms with van der Waals surface area (Å²) in [5.41, 5.74) is 2.82. The van der Waals surface area contributed by atoms with E-state index in [1.165, 1.54) is 7.11 Å². The molecule has 0 spiro atoms. The average Bonchev–Trinajstić information content (AvgIpc) is 3.45. The molecule has 0 aliphatic carbocycles. The maximum Gasteiger partial charge on any atom is 0.291 e. The number of carbonyl (C=O) groups is 2. The van der Waals surface area contributed by atoms with Gasteiger partial charge in [0.15, 0.2) is 5.76 Å². The van der Waals surface area contributed by atoms with Crippen molar-refractivity contribution in [3.05, 3.63) is 99.2 Å². The predicted octanol–water partition coefficient (Wildman–Crippen LogP) is 7.13. The minimum Gasteiger partial charge on any atom is -0.496 e. The van der Waals surface area contributed by atoms with Gasteiger partial charge in [-0.05, 0) is 72.8 Å². The van der Waals surface area contributed by atoms with Gasteiger partial charge in [0.1, 0.15) is 11.5 Å². The molecule has 1 aliphatic heterocycles. The van der Waals surface area contributed by atoms with Crippen LogP contribution in [0.4, 0.5) is 11.4 Å². The lowest BCUT2D eigenvalue weighted by molar-refractivity contribution is 0.0743. The smallest absolute Gasteiger partial charge is 0.291 e. The number of nitrogens with one attached hydrogen (secondary N) is 1. The topological polar surface area (TPSA) is 75.0 Å². The summed E-state index contributed by atoms with van der Waals surface area (Å²) in [6, 6.07) is 21.1. The number of anilines is 2. The van der Waals surface area contributed by atoms with Gasteiger partial charge in [-0.3, -0.25) is 9.59 Å². The third-order valence-corrected chi connectivity index (χ3v) is 7.46. The largest absolute Gasteiger partial charge is 0.496 e. The summed E-state index contributed by atoms with van der Waals surface area (Å²) < 4.78 is 11.1. The molecule has 4 aromatic rings. The summed E-state index contributed by atoms with van der Waals surface area (Å²) in [5, 5.41) is 4.20. The summed E-state index contributed by atoms with van der Waals surface area (Å²) in [4.78, 5) is 29.8. The van der Waals surface area contributed by atoms with Crippen LogP contribution in [0.2, 0.25) is 15.1 Å². The number of piperazine rings is 1. The fourth-order valence-electron chi connectivity index (χ4n) is 4.40. The normalized spacial score (nSPS) is 13.3. The van der Waals surface area contributed by atoms with Crippen LogP contribution >= 0.6 is 34.8 Å². The molecule has 0 radical (unpaired) electrons. The Hall–Kier alpha value is -3.65. The molecule has 200 valence electrons. The fraction of sp³-hybridized carbons (Fsp3) is 0.172. The summed E-state index contributed by atoms with van der Waals surface area (Å²) in [7, 11) is 1.54. The highest BCUT2D eigenvalue weighted by Crippen LogP contribution is 2.30. The Morgan fingerprint density at radius 2 is 1.59 bits per heavy atom. The van der Waals surface area contributed by atoms with Crippen molar-refractivity contribution in [3.8, 4) is 17.1 Å². The number of carbonyl (C=O) groups excluding carboxylic acids is 2. The zero-order chi connectivity index (χ0) is 27.5. The monoisotopic (exact) mass is 583 g/mol. The molecule has 39 heavy (non-hydrogen) atoms. The third-order valence-electron chi connectivity index (χ3n) is 6.48. The molecule has 1 fully saturated rings. The Balaban J connectivity index is 1.18. The van der Waals surface area contributed by atoms with E-state index in [1.807, 2.05) is 24.3 Å². The summed E-state index contributed by atoms with van der Waals surface area (Å²) in [6.45, 7) is 2.47. The number of nitrogens with zero attached hydrogens (tertiary/aromatic N) is 2. The van der Waals surface area contributed by atoms with Crippen molar-refractivity contribution in [2.24, 2.45) is 0 Å². The number of furan rings is 1. The van der Waals surface area contributed by atoms with Crippen LogP contribution in [-0.4, -0.2) is 50.0 Å². The summed E-state index contributed by atoms with van der Waals surface area (Å²) >= 11 is 18.2. The van der Waals surface area contributed by atoms with E-state index in [-0.39, 0.29) is 17.6 Å². The van der Waals surface area contributed by atoms with E-state index in [4.69, 9.17) is 44.0 Å².